The highest BCUT2D eigenvalue weighted by molar-refractivity contribution is 7.20. The molecule has 7 heteroatoms. The number of hydrogen-bond donors (Lipinski definition) is 1. The van der Waals surface area contributed by atoms with Crippen molar-refractivity contribution in [2.24, 2.45) is 0 Å². The van der Waals surface area contributed by atoms with E-state index in [1.807, 2.05) is 54.6 Å². The summed E-state index contributed by atoms with van der Waals surface area (Å²) in [7, 11) is 0. The zero-order valence-electron chi connectivity index (χ0n) is 14.8. The molecule has 0 bridgehead atoms. The summed E-state index contributed by atoms with van der Waals surface area (Å²) in [6.07, 6.45) is 0. The number of rotatable bonds is 4. The zero-order chi connectivity index (χ0) is 18.8. The van der Waals surface area contributed by atoms with Gasteiger partial charge < -0.3 is 10.1 Å². The van der Waals surface area contributed by atoms with Crippen molar-refractivity contribution >= 4 is 33.1 Å². The third-order valence-electron chi connectivity index (χ3n) is 3.93. The Morgan fingerprint density at radius 1 is 0.926 bits per heavy atom. The standard InChI is InChI=1S/C20H16N4O2S/c1-12-17(13(2)22-20(21-12)26-14-8-4-3-5-9-14)24-18(25)19-23-15-10-6-7-11-16(15)27-19/h3-11H,1-2H3,(H,24,25). The lowest BCUT2D eigenvalue weighted by Crippen LogP contribution is -2.15. The van der Waals surface area contributed by atoms with Crippen LogP contribution < -0.4 is 10.1 Å². The number of ether oxygens (including phenoxy) is 1. The number of aromatic nitrogens is 3. The molecule has 0 saturated carbocycles. The van der Waals surface area contributed by atoms with Crippen LogP contribution in [0.15, 0.2) is 54.6 Å². The van der Waals surface area contributed by atoms with Crippen LogP contribution in [0.25, 0.3) is 10.2 Å². The highest BCUT2D eigenvalue weighted by Gasteiger charge is 2.17. The SMILES string of the molecule is Cc1nc(Oc2ccccc2)nc(C)c1NC(=O)c1nc2ccccc2s1. The van der Waals surface area contributed by atoms with Crippen molar-refractivity contribution in [2.75, 3.05) is 5.32 Å². The van der Waals surface area contributed by atoms with Gasteiger partial charge in [-0.2, -0.15) is 9.97 Å². The first-order valence-corrected chi connectivity index (χ1v) is 9.17. The number of hydrogen-bond acceptors (Lipinski definition) is 6. The Morgan fingerprint density at radius 2 is 1.59 bits per heavy atom. The van der Waals surface area contributed by atoms with Crippen LogP contribution in [-0.4, -0.2) is 20.9 Å². The molecule has 2 aromatic heterocycles. The highest BCUT2D eigenvalue weighted by atomic mass is 32.1. The van der Waals surface area contributed by atoms with Crippen LogP contribution in [0.3, 0.4) is 0 Å². The van der Waals surface area contributed by atoms with Gasteiger partial charge in [0.2, 0.25) is 0 Å². The average Bonchev–Trinajstić information content (AvgIpc) is 3.10. The van der Waals surface area contributed by atoms with Crippen LogP contribution in [0.2, 0.25) is 0 Å². The summed E-state index contributed by atoms with van der Waals surface area (Å²) in [6.45, 7) is 3.61. The minimum atomic E-state index is -0.275. The fraction of sp³-hybridized carbons (Fsp3) is 0.100. The van der Waals surface area contributed by atoms with Crippen LogP contribution in [0, 0.1) is 13.8 Å². The van der Waals surface area contributed by atoms with E-state index in [1.54, 1.807) is 13.8 Å². The molecular weight excluding hydrogens is 360 g/mol. The van der Waals surface area contributed by atoms with Crippen molar-refractivity contribution < 1.29 is 9.53 Å². The van der Waals surface area contributed by atoms with E-state index in [4.69, 9.17) is 4.74 Å². The molecule has 134 valence electrons. The second-order valence-corrected chi connectivity index (χ2v) is 6.94. The molecule has 0 radical (unpaired) electrons. The zero-order valence-corrected chi connectivity index (χ0v) is 15.6. The minimum Gasteiger partial charge on any atom is -0.424 e. The number of thiazole rings is 1. The molecule has 0 aliphatic carbocycles. The largest absolute Gasteiger partial charge is 0.424 e. The molecule has 0 fully saturated rings. The van der Waals surface area contributed by atoms with Gasteiger partial charge in [-0.3, -0.25) is 4.79 Å². The van der Waals surface area contributed by atoms with Crippen molar-refractivity contribution in [3.63, 3.8) is 0 Å². The maximum Gasteiger partial charge on any atom is 0.322 e. The fourth-order valence-electron chi connectivity index (χ4n) is 2.64. The number of nitrogens with one attached hydrogen (secondary N) is 1. The van der Waals surface area contributed by atoms with Crippen molar-refractivity contribution in [1.82, 2.24) is 15.0 Å². The predicted octanol–water partition coefficient (Wildman–Crippen LogP) is 4.75. The number of anilines is 1. The number of carbonyl (C=O) groups excluding carboxylic acids is 1. The van der Waals surface area contributed by atoms with Gasteiger partial charge in [0.1, 0.15) is 5.75 Å². The molecule has 6 nitrogen and oxygen atoms in total. The first-order valence-electron chi connectivity index (χ1n) is 8.35. The number of carbonyl (C=O) groups is 1. The van der Waals surface area contributed by atoms with Crippen LogP contribution in [0.5, 0.6) is 11.8 Å². The number of para-hydroxylation sites is 2. The van der Waals surface area contributed by atoms with Crippen molar-refractivity contribution in [2.45, 2.75) is 13.8 Å². The number of fused-ring (bicyclic) bond motifs is 1. The molecule has 0 aliphatic heterocycles. The van der Waals surface area contributed by atoms with Gasteiger partial charge in [0.15, 0.2) is 5.01 Å². The number of aryl methyl sites for hydroxylation is 2. The summed E-state index contributed by atoms with van der Waals surface area (Å²) in [5.41, 5.74) is 2.63. The average molecular weight is 376 g/mol. The first kappa shape index (κ1) is 17.1. The fourth-order valence-corrected chi connectivity index (χ4v) is 3.50. The van der Waals surface area contributed by atoms with Gasteiger partial charge >= 0.3 is 6.01 Å². The summed E-state index contributed by atoms with van der Waals surface area (Å²) in [5.74, 6) is 0.380. The molecule has 0 atom stereocenters. The number of amides is 1. The molecular formula is C20H16N4O2S. The van der Waals surface area contributed by atoms with Gasteiger partial charge in [0, 0.05) is 0 Å². The third kappa shape index (κ3) is 3.63. The monoisotopic (exact) mass is 376 g/mol. The van der Waals surface area contributed by atoms with E-state index in [0.29, 0.717) is 27.8 Å². The Bertz CT molecular complexity index is 1070. The topological polar surface area (TPSA) is 77.0 Å². The van der Waals surface area contributed by atoms with Gasteiger partial charge in [0.25, 0.3) is 5.91 Å². The van der Waals surface area contributed by atoms with E-state index in [2.05, 4.69) is 20.3 Å². The maximum atomic E-state index is 12.6. The van der Waals surface area contributed by atoms with E-state index in [0.717, 1.165) is 10.2 Å². The molecule has 0 saturated heterocycles. The number of benzene rings is 2. The molecule has 2 aromatic carbocycles. The van der Waals surface area contributed by atoms with E-state index < -0.39 is 0 Å². The molecule has 0 spiro atoms. The quantitative estimate of drug-likeness (QED) is 0.556. The van der Waals surface area contributed by atoms with Crippen LogP contribution >= 0.6 is 11.3 Å². The molecule has 27 heavy (non-hydrogen) atoms. The maximum absolute atomic E-state index is 12.6. The van der Waals surface area contributed by atoms with E-state index >= 15 is 0 Å². The van der Waals surface area contributed by atoms with Gasteiger partial charge in [0.05, 0.1) is 27.3 Å². The second kappa shape index (κ2) is 7.13. The Labute approximate surface area is 159 Å². The summed E-state index contributed by atoms with van der Waals surface area (Å²) < 4.78 is 6.65. The normalized spacial score (nSPS) is 10.7. The Kier molecular flexibility index (Phi) is 4.52. The van der Waals surface area contributed by atoms with Gasteiger partial charge in [-0.05, 0) is 38.1 Å². The Morgan fingerprint density at radius 3 is 2.30 bits per heavy atom. The summed E-state index contributed by atoms with van der Waals surface area (Å²) in [5, 5.41) is 3.28. The lowest BCUT2D eigenvalue weighted by atomic mass is 10.3. The molecule has 2 heterocycles. The molecule has 1 amide bonds. The van der Waals surface area contributed by atoms with Crippen LogP contribution in [0.1, 0.15) is 21.2 Å². The van der Waals surface area contributed by atoms with Crippen molar-refractivity contribution in [3.8, 4) is 11.8 Å². The van der Waals surface area contributed by atoms with Gasteiger partial charge in [-0.1, -0.05) is 30.3 Å². The lowest BCUT2D eigenvalue weighted by molar-refractivity contribution is 0.102. The van der Waals surface area contributed by atoms with Crippen LogP contribution in [-0.2, 0) is 0 Å². The molecule has 1 N–H and O–H groups in total. The first-order chi connectivity index (χ1) is 13.1. The molecule has 4 rings (SSSR count). The second-order valence-electron chi connectivity index (χ2n) is 5.91. The smallest absolute Gasteiger partial charge is 0.322 e. The van der Waals surface area contributed by atoms with E-state index in [-0.39, 0.29) is 11.9 Å². The van der Waals surface area contributed by atoms with Gasteiger partial charge in [-0.15, -0.1) is 11.3 Å². The van der Waals surface area contributed by atoms with Crippen molar-refractivity contribution in [1.29, 1.82) is 0 Å². The minimum absolute atomic E-state index is 0.245. The van der Waals surface area contributed by atoms with Gasteiger partial charge in [-0.25, -0.2) is 4.98 Å². The highest BCUT2D eigenvalue weighted by Crippen LogP contribution is 2.26. The van der Waals surface area contributed by atoms with E-state index in [9.17, 15) is 4.79 Å². The number of nitrogens with zero attached hydrogens (tertiary/aromatic N) is 3. The Balaban J connectivity index is 1.57. The Hall–Kier alpha value is -3.32. The summed E-state index contributed by atoms with van der Waals surface area (Å²) >= 11 is 1.35. The molecule has 0 aliphatic rings. The van der Waals surface area contributed by atoms with Crippen LogP contribution in [0.4, 0.5) is 5.69 Å². The third-order valence-corrected chi connectivity index (χ3v) is 4.96. The molecule has 4 aromatic rings. The van der Waals surface area contributed by atoms with Crippen molar-refractivity contribution in [3.05, 3.63) is 71.0 Å². The predicted molar refractivity (Wildman–Crippen MR) is 106 cm³/mol. The van der Waals surface area contributed by atoms with E-state index in [1.165, 1.54) is 11.3 Å². The summed E-state index contributed by atoms with van der Waals surface area (Å²) in [6, 6.07) is 17.2. The molecule has 0 unspecified atom stereocenters. The lowest BCUT2D eigenvalue weighted by Gasteiger charge is -2.11. The summed E-state index contributed by atoms with van der Waals surface area (Å²) in [4.78, 5) is 25.7.